The first-order valence-electron chi connectivity index (χ1n) is 6.92. The highest BCUT2D eigenvalue weighted by atomic mass is 32.1. The molecule has 1 saturated heterocycles. The number of nitrogen functional groups attached to an aromatic ring is 1. The van der Waals surface area contributed by atoms with Crippen LogP contribution >= 0.6 is 11.3 Å². The highest BCUT2D eigenvalue weighted by molar-refractivity contribution is 7.13. The average molecular weight is 340 g/mol. The van der Waals surface area contributed by atoms with Crippen LogP contribution in [0.25, 0.3) is 0 Å². The molecular weight excluding hydrogens is 326 g/mol. The van der Waals surface area contributed by atoms with Crippen LogP contribution in [0.3, 0.4) is 0 Å². The summed E-state index contributed by atoms with van der Waals surface area (Å²) in [5.41, 5.74) is 6.11. The molecule has 1 amide bonds. The highest BCUT2D eigenvalue weighted by Gasteiger charge is 2.29. The number of halogens is 2. The first kappa shape index (κ1) is 15.5. The van der Waals surface area contributed by atoms with Gasteiger partial charge in [0.2, 0.25) is 0 Å². The molecule has 122 valence electrons. The lowest BCUT2D eigenvalue weighted by atomic mass is 10.1. The number of amides is 1. The van der Waals surface area contributed by atoms with Crippen LogP contribution in [0.15, 0.2) is 17.5 Å². The normalized spacial score (nSPS) is 17.5. The summed E-state index contributed by atoms with van der Waals surface area (Å²) in [7, 11) is 0. The third-order valence-electron chi connectivity index (χ3n) is 3.72. The van der Waals surface area contributed by atoms with Crippen molar-refractivity contribution in [1.29, 1.82) is 0 Å². The summed E-state index contributed by atoms with van der Waals surface area (Å²) in [6.45, 7) is 0.632. The molecule has 1 aliphatic rings. The first-order chi connectivity index (χ1) is 11.0. The molecule has 0 radical (unpaired) electrons. The maximum absolute atomic E-state index is 14.0. The van der Waals surface area contributed by atoms with Crippen molar-refractivity contribution >= 4 is 33.9 Å². The molecule has 6 nitrogen and oxygen atoms in total. The second-order valence-electron chi connectivity index (χ2n) is 5.18. The number of thiazole rings is 1. The van der Waals surface area contributed by atoms with E-state index in [2.05, 4.69) is 4.98 Å². The summed E-state index contributed by atoms with van der Waals surface area (Å²) in [5, 5.41) is 12.6. The van der Waals surface area contributed by atoms with Crippen molar-refractivity contribution in [3.05, 3.63) is 34.8 Å². The van der Waals surface area contributed by atoms with E-state index in [9.17, 15) is 13.6 Å². The quantitative estimate of drug-likeness (QED) is 0.796. The number of nitrogens with zero attached hydrogens (tertiary/aromatic N) is 2. The molecule has 0 saturated carbocycles. The van der Waals surface area contributed by atoms with E-state index in [4.69, 9.17) is 10.8 Å². The third kappa shape index (κ3) is 3.04. The number of aromatic nitrogens is 1. The predicted octanol–water partition coefficient (Wildman–Crippen LogP) is 3.43. The zero-order valence-corrected chi connectivity index (χ0v) is 12.7. The Morgan fingerprint density at radius 2 is 2.13 bits per heavy atom. The lowest BCUT2D eigenvalue weighted by Gasteiger charge is -2.26. The van der Waals surface area contributed by atoms with Gasteiger partial charge in [0.1, 0.15) is 5.69 Å². The minimum absolute atomic E-state index is 0.0966. The van der Waals surface area contributed by atoms with E-state index in [0.29, 0.717) is 17.4 Å². The molecule has 1 aromatic carbocycles. The highest BCUT2D eigenvalue weighted by Crippen LogP contribution is 2.38. The van der Waals surface area contributed by atoms with Gasteiger partial charge in [-0.15, -0.1) is 11.3 Å². The number of benzene rings is 1. The van der Waals surface area contributed by atoms with E-state index in [1.807, 2.05) is 10.3 Å². The summed E-state index contributed by atoms with van der Waals surface area (Å²) in [5.74, 6) is -1.91. The van der Waals surface area contributed by atoms with E-state index >= 15 is 0 Å². The van der Waals surface area contributed by atoms with Gasteiger partial charge in [0.25, 0.3) is 0 Å². The van der Waals surface area contributed by atoms with Crippen LogP contribution < -0.4 is 16.0 Å². The minimum Gasteiger partial charge on any atom is -0.465 e. The van der Waals surface area contributed by atoms with Gasteiger partial charge in [0, 0.05) is 17.6 Å². The number of anilines is 3. The van der Waals surface area contributed by atoms with Gasteiger partial charge < -0.3 is 15.7 Å². The molecule has 1 aliphatic heterocycles. The zero-order valence-electron chi connectivity index (χ0n) is 11.9. The van der Waals surface area contributed by atoms with Gasteiger partial charge in [-0.1, -0.05) is 0 Å². The van der Waals surface area contributed by atoms with Crippen molar-refractivity contribution in [3.63, 3.8) is 0 Å². The van der Waals surface area contributed by atoms with E-state index in [-0.39, 0.29) is 6.04 Å². The Morgan fingerprint density at radius 1 is 1.43 bits per heavy atom. The van der Waals surface area contributed by atoms with Crippen LogP contribution in [0.4, 0.5) is 30.1 Å². The fraction of sp³-hybridized carbons (Fsp3) is 0.286. The number of hydrogen-bond donors (Lipinski definition) is 3. The Morgan fingerprint density at radius 3 is 2.70 bits per heavy atom. The van der Waals surface area contributed by atoms with Crippen LogP contribution in [0.1, 0.15) is 24.6 Å². The second kappa shape index (κ2) is 5.99. The molecule has 9 heteroatoms. The van der Waals surface area contributed by atoms with Gasteiger partial charge in [0.05, 0.1) is 11.7 Å². The van der Waals surface area contributed by atoms with Crippen molar-refractivity contribution in [1.82, 2.24) is 4.98 Å². The Bertz CT molecular complexity index is 729. The molecule has 0 aliphatic carbocycles. The predicted molar refractivity (Wildman–Crippen MR) is 83.9 cm³/mol. The van der Waals surface area contributed by atoms with Gasteiger partial charge in [0.15, 0.2) is 16.8 Å². The monoisotopic (exact) mass is 340 g/mol. The van der Waals surface area contributed by atoms with Crippen LogP contribution in [0, 0.1) is 11.6 Å². The fourth-order valence-electron chi connectivity index (χ4n) is 2.79. The Labute approximate surface area is 134 Å². The maximum Gasteiger partial charge on any atom is 0.409 e. The number of carboxylic acid groups (broad SMARTS) is 1. The van der Waals surface area contributed by atoms with E-state index in [0.717, 1.165) is 30.7 Å². The lowest BCUT2D eigenvalue weighted by molar-refractivity contribution is 0.209. The maximum atomic E-state index is 14.0. The molecular formula is C14H14F2N4O2S. The summed E-state index contributed by atoms with van der Waals surface area (Å²) in [4.78, 5) is 16.7. The third-order valence-corrected chi connectivity index (χ3v) is 4.42. The van der Waals surface area contributed by atoms with Crippen LogP contribution in [-0.4, -0.2) is 22.7 Å². The van der Waals surface area contributed by atoms with Crippen molar-refractivity contribution in [2.75, 3.05) is 22.5 Å². The molecule has 23 heavy (non-hydrogen) atoms. The molecule has 0 spiro atoms. The lowest BCUT2D eigenvalue weighted by Crippen LogP contribution is -2.23. The van der Waals surface area contributed by atoms with Crippen LogP contribution in [0.2, 0.25) is 0 Å². The Balaban J connectivity index is 1.93. The number of carbonyl (C=O) groups is 1. The molecule has 1 unspecified atom stereocenters. The minimum atomic E-state index is -1.52. The molecule has 2 heterocycles. The SMILES string of the molecule is Nc1nc(C2CCCN2c2cc(F)c(NC(=O)O)c(F)c2)cs1. The van der Waals surface area contributed by atoms with Gasteiger partial charge in [-0.2, -0.15) is 0 Å². The molecule has 1 fully saturated rings. The number of nitrogens with two attached hydrogens (primary N) is 1. The van der Waals surface area contributed by atoms with Crippen LogP contribution in [0.5, 0.6) is 0 Å². The fourth-order valence-corrected chi connectivity index (χ4v) is 3.40. The van der Waals surface area contributed by atoms with E-state index in [1.165, 1.54) is 11.3 Å². The van der Waals surface area contributed by atoms with Crippen molar-refractivity contribution in [2.45, 2.75) is 18.9 Å². The summed E-state index contributed by atoms with van der Waals surface area (Å²) >= 11 is 1.32. The largest absolute Gasteiger partial charge is 0.465 e. The molecule has 3 rings (SSSR count). The Hall–Kier alpha value is -2.42. The smallest absolute Gasteiger partial charge is 0.409 e. The Kier molecular flexibility index (Phi) is 4.03. The molecule has 1 atom stereocenters. The van der Waals surface area contributed by atoms with Crippen molar-refractivity contribution in [3.8, 4) is 0 Å². The molecule has 0 bridgehead atoms. The van der Waals surface area contributed by atoms with Gasteiger partial charge in [-0.25, -0.2) is 18.6 Å². The van der Waals surface area contributed by atoms with Crippen molar-refractivity contribution < 1.29 is 18.7 Å². The molecule has 2 aromatic rings. The average Bonchev–Trinajstić information content (AvgIpc) is 3.10. The van der Waals surface area contributed by atoms with Gasteiger partial charge in [-0.3, -0.25) is 5.32 Å². The van der Waals surface area contributed by atoms with E-state index < -0.39 is 23.4 Å². The van der Waals surface area contributed by atoms with Gasteiger partial charge >= 0.3 is 6.09 Å². The molecule has 1 aromatic heterocycles. The summed E-state index contributed by atoms with van der Waals surface area (Å²) < 4.78 is 28.1. The second-order valence-corrected chi connectivity index (χ2v) is 6.07. The standard InChI is InChI=1S/C14H14F2N4O2S/c15-8-4-7(5-9(16)12(8)19-14(21)22)20-3-1-2-11(20)10-6-23-13(17)18-10/h4-6,11,19H,1-3H2,(H2,17,18)(H,21,22). The molecule has 4 N–H and O–H groups in total. The number of rotatable bonds is 3. The first-order valence-corrected chi connectivity index (χ1v) is 7.80. The van der Waals surface area contributed by atoms with Crippen molar-refractivity contribution in [2.24, 2.45) is 0 Å². The topological polar surface area (TPSA) is 91.5 Å². The number of hydrogen-bond acceptors (Lipinski definition) is 5. The zero-order chi connectivity index (χ0) is 16.6. The van der Waals surface area contributed by atoms with Crippen LogP contribution in [-0.2, 0) is 0 Å². The van der Waals surface area contributed by atoms with E-state index in [1.54, 1.807) is 5.32 Å². The summed E-state index contributed by atoms with van der Waals surface area (Å²) in [6.07, 6.45) is 0.148. The summed E-state index contributed by atoms with van der Waals surface area (Å²) in [6, 6.07) is 2.16. The number of nitrogens with one attached hydrogen (secondary N) is 1. The van der Waals surface area contributed by atoms with Gasteiger partial charge in [-0.05, 0) is 25.0 Å².